The third-order valence-electron chi connectivity index (χ3n) is 10.8. The molecule has 9 rings (SSSR count). The van der Waals surface area contributed by atoms with Crippen LogP contribution in [0.5, 0.6) is 0 Å². The molecule has 0 spiro atoms. The van der Waals surface area contributed by atoms with E-state index < -0.39 is 36.9 Å². The van der Waals surface area contributed by atoms with Crippen LogP contribution in [0.2, 0.25) is 0 Å². The predicted molar refractivity (Wildman–Crippen MR) is 298 cm³/mol. The van der Waals surface area contributed by atoms with Gasteiger partial charge in [-0.3, -0.25) is 0 Å². The molecule has 0 saturated carbocycles. The summed E-state index contributed by atoms with van der Waals surface area (Å²) in [5.41, 5.74) is 0. The summed E-state index contributed by atoms with van der Waals surface area (Å²) >= 11 is -2.60. The van der Waals surface area contributed by atoms with Gasteiger partial charge in [0.15, 0.2) is 0 Å². The zero-order chi connectivity index (χ0) is 46.5. The third-order valence-corrected chi connectivity index (χ3v) is 22.8. The average Bonchev–Trinajstić information content (AvgIpc) is 3.40. The summed E-state index contributed by atoms with van der Waals surface area (Å²) < 4.78 is 3.51. The zero-order valence-corrected chi connectivity index (χ0v) is 43.7. The minimum atomic E-state index is -2.60. The molecular formula is C61H51Cl2OsP3. The molecule has 67 heavy (non-hydrogen) atoms. The first-order valence-corrected chi connectivity index (χ1v) is 33.9. The van der Waals surface area contributed by atoms with Gasteiger partial charge in [-0.25, -0.2) is 0 Å². The molecule has 0 radical (unpaired) electrons. The van der Waals surface area contributed by atoms with Crippen molar-refractivity contribution in [2.24, 2.45) is 5.92 Å². The standard InChI is InChI=1S/C25H21P.2C18H15P.2ClH.Os/c1-4-22(5-2)21(3)26(23-15-9-6-10-16-23,24-17-11-7-12-18-24)25-19-13-8-14-20-25;2*1-4-10-16(11-5-1)19(17-12-6-2-7-13-17)18-14-8-3-9-15-18;;;/h1,4-20,22H,2H2;2*1-15H;2*1H;/q;;;;;+2/p-2. The Labute approximate surface area is 414 Å². The topological polar surface area (TPSA) is 0 Å². The number of allylic oxidation sites excluding steroid dienone is 3. The van der Waals surface area contributed by atoms with E-state index in [-0.39, 0.29) is 5.92 Å². The van der Waals surface area contributed by atoms with Crippen LogP contribution in [0.1, 0.15) is 0 Å². The summed E-state index contributed by atoms with van der Waals surface area (Å²) in [6.45, 7) is 10.1. The fraction of sp³-hybridized carbons (Fsp3) is 0.0164. The van der Waals surface area contributed by atoms with Crippen LogP contribution >= 0.6 is 42.4 Å². The van der Waals surface area contributed by atoms with Gasteiger partial charge in [0.05, 0.1) is 0 Å². The minimum Gasteiger partial charge on any atom is -0.0622 e. The largest absolute Gasteiger partial charge is 0.0622 e. The molecule has 1 unspecified atom stereocenters. The maximum Gasteiger partial charge on any atom is -0.0134 e. The van der Waals surface area contributed by atoms with Gasteiger partial charge in [-0.1, -0.05) is 182 Å². The van der Waals surface area contributed by atoms with E-state index in [1.54, 1.807) is 6.08 Å². The van der Waals surface area contributed by atoms with Crippen molar-refractivity contribution < 1.29 is 13.8 Å². The molecule has 6 heteroatoms. The quantitative estimate of drug-likeness (QED) is 0.0613. The van der Waals surface area contributed by atoms with Gasteiger partial charge in [-0.2, -0.15) is 0 Å². The van der Waals surface area contributed by atoms with E-state index in [4.69, 9.17) is 25.9 Å². The monoisotopic (exact) mass is 1140 g/mol. The molecule has 0 saturated heterocycles. The van der Waals surface area contributed by atoms with Crippen molar-refractivity contribution in [2.75, 3.05) is 0 Å². The number of halogens is 2. The van der Waals surface area contributed by atoms with Gasteiger partial charge in [0.2, 0.25) is 0 Å². The van der Waals surface area contributed by atoms with Crippen molar-refractivity contribution in [2.45, 2.75) is 0 Å². The number of hydrogen-bond acceptors (Lipinski definition) is 0. The second kappa shape index (κ2) is 26.2. The molecule has 1 atom stereocenters. The summed E-state index contributed by atoms with van der Waals surface area (Å²) in [6, 6.07) is 96.2. The first-order valence-electron chi connectivity index (χ1n) is 21.8. The first-order chi connectivity index (χ1) is 33.0. The Hall–Kier alpha value is -5.38. The Morgan fingerprint density at radius 1 is 0.403 bits per heavy atom. The Balaban J connectivity index is 0.000000154. The molecule has 0 aliphatic heterocycles. The Morgan fingerprint density at radius 2 is 0.612 bits per heavy atom. The zero-order valence-electron chi connectivity index (χ0n) is 36.9. The predicted octanol–water partition coefficient (Wildman–Crippen LogP) is 12.9. The van der Waals surface area contributed by atoms with E-state index in [1.807, 2.05) is 24.3 Å². The van der Waals surface area contributed by atoms with Crippen molar-refractivity contribution in [1.29, 1.82) is 0 Å². The molecule has 0 fully saturated rings. The van der Waals surface area contributed by atoms with Crippen LogP contribution < -0.4 is 47.7 Å². The fourth-order valence-electron chi connectivity index (χ4n) is 7.87. The number of benzene rings is 9. The van der Waals surface area contributed by atoms with Crippen LogP contribution in [0.25, 0.3) is 0 Å². The van der Waals surface area contributed by atoms with E-state index in [0.717, 1.165) is 5.31 Å². The maximum atomic E-state index is 6.44. The van der Waals surface area contributed by atoms with Gasteiger partial charge < -0.3 is 0 Å². The Kier molecular flexibility index (Phi) is 19.4. The van der Waals surface area contributed by atoms with Crippen LogP contribution in [0.3, 0.4) is 0 Å². The van der Waals surface area contributed by atoms with Crippen molar-refractivity contribution in [3.63, 3.8) is 0 Å². The van der Waals surface area contributed by atoms with Crippen LogP contribution in [-0.2, 0) is 13.8 Å². The van der Waals surface area contributed by atoms with Gasteiger partial charge in [-0.15, -0.1) is 0 Å². The maximum absolute atomic E-state index is 6.44. The molecule has 9 aromatic carbocycles. The van der Waals surface area contributed by atoms with Crippen LogP contribution in [0.15, 0.2) is 297 Å². The Bertz CT molecular complexity index is 2510. The summed E-state index contributed by atoms with van der Waals surface area (Å²) in [5, 5.41) is 13.1. The fourth-order valence-corrected chi connectivity index (χ4v) is 21.6. The summed E-state index contributed by atoms with van der Waals surface area (Å²) in [5.74, 6) is -0.188. The molecule has 0 bridgehead atoms. The van der Waals surface area contributed by atoms with Gasteiger partial charge in [0.25, 0.3) is 0 Å². The van der Waals surface area contributed by atoms with E-state index in [2.05, 4.69) is 266 Å². The molecule has 0 aliphatic carbocycles. The van der Waals surface area contributed by atoms with E-state index >= 15 is 0 Å². The molecule has 9 aromatic rings. The van der Waals surface area contributed by atoms with Crippen molar-refractivity contribution in [3.05, 3.63) is 304 Å². The van der Waals surface area contributed by atoms with Crippen molar-refractivity contribution >= 4 is 94.3 Å². The molecule has 0 aromatic heterocycles. The second-order valence-electron chi connectivity index (χ2n) is 15.0. The van der Waals surface area contributed by atoms with Crippen LogP contribution in [-0.4, -0.2) is 4.22 Å². The van der Waals surface area contributed by atoms with Gasteiger partial charge >= 0.3 is 188 Å². The molecule has 0 N–H and O–H groups in total. The van der Waals surface area contributed by atoms with Crippen molar-refractivity contribution in [1.82, 2.24) is 0 Å². The summed E-state index contributed by atoms with van der Waals surface area (Å²) in [4.78, 5) is 0. The van der Waals surface area contributed by atoms with E-state index in [9.17, 15) is 0 Å². The van der Waals surface area contributed by atoms with Crippen LogP contribution in [0.4, 0.5) is 0 Å². The SMILES string of the molecule is [CH-]=CC(C=C)C(=[C]=[Os]([Cl])[Cl])[P+](c1ccccc1)(c1ccccc1)c1ccccc1.c1ccc(P(c2ccccc2)c2ccccc2)cc1.c1ccc(P(c2ccccc2)c2ccccc2)cc1. The van der Waals surface area contributed by atoms with Crippen LogP contribution in [0, 0.1) is 12.5 Å². The van der Waals surface area contributed by atoms with Gasteiger partial charge in [-0.05, 0) is 47.7 Å². The smallest absolute Gasteiger partial charge is 0.0134 e. The molecule has 332 valence electrons. The van der Waals surface area contributed by atoms with E-state index in [0.29, 0.717) is 0 Å². The molecular weight excluding hydrogens is 1090 g/mol. The normalized spacial score (nSPS) is 11.4. The van der Waals surface area contributed by atoms with Crippen molar-refractivity contribution in [3.8, 4) is 0 Å². The second-order valence-corrected chi connectivity index (χ2v) is 30.2. The number of hydrogen-bond donors (Lipinski definition) is 0. The average molecular weight is 1140 g/mol. The molecule has 0 nitrogen and oxygen atoms in total. The molecule has 0 aliphatic rings. The van der Waals surface area contributed by atoms with E-state index in [1.165, 1.54) is 47.7 Å². The summed E-state index contributed by atoms with van der Waals surface area (Å²) in [6.07, 6.45) is 3.51. The number of rotatable bonds is 13. The van der Waals surface area contributed by atoms with Gasteiger partial charge in [0.1, 0.15) is 0 Å². The molecule has 0 heterocycles. The molecule has 0 amide bonds. The third kappa shape index (κ3) is 13.0. The summed E-state index contributed by atoms with van der Waals surface area (Å²) in [7, 11) is 9.67. The minimum absolute atomic E-state index is 0.188. The first kappa shape index (κ1) is 49.5. The van der Waals surface area contributed by atoms with Gasteiger partial charge in [0, 0.05) is 0 Å². The Morgan fingerprint density at radius 3 is 0.791 bits per heavy atom.